The molecular formula is C13H16BrN3O4. The van der Waals surface area contributed by atoms with Gasteiger partial charge in [0.05, 0.1) is 23.2 Å². The fourth-order valence-electron chi connectivity index (χ4n) is 2.13. The van der Waals surface area contributed by atoms with Crippen molar-refractivity contribution in [1.82, 2.24) is 10.2 Å². The summed E-state index contributed by atoms with van der Waals surface area (Å²) < 4.78 is 5.74. The zero-order valence-electron chi connectivity index (χ0n) is 11.5. The maximum Gasteiger partial charge on any atom is 0.284 e. The second kappa shape index (κ2) is 6.97. The maximum atomic E-state index is 12.1. The highest BCUT2D eigenvalue weighted by molar-refractivity contribution is 9.10. The summed E-state index contributed by atoms with van der Waals surface area (Å²) in [5, 5.41) is 13.6. The predicted octanol–water partition coefficient (Wildman–Crippen LogP) is 1.42. The Labute approximate surface area is 130 Å². The molecule has 1 saturated heterocycles. The minimum atomic E-state index is -0.528. The number of amides is 1. The Morgan fingerprint density at radius 1 is 1.62 bits per heavy atom. The molecule has 1 heterocycles. The molecular weight excluding hydrogens is 342 g/mol. The molecule has 1 aromatic rings. The molecule has 21 heavy (non-hydrogen) atoms. The van der Waals surface area contributed by atoms with Crippen molar-refractivity contribution in [2.75, 3.05) is 33.3 Å². The van der Waals surface area contributed by atoms with Gasteiger partial charge in [-0.05, 0) is 29.0 Å². The van der Waals surface area contributed by atoms with Crippen LogP contribution < -0.4 is 5.32 Å². The van der Waals surface area contributed by atoms with Gasteiger partial charge in [0.25, 0.3) is 11.6 Å². The minimum Gasteiger partial charge on any atom is -0.374 e. The summed E-state index contributed by atoms with van der Waals surface area (Å²) in [5.41, 5.74) is 0.115. The van der Waals surface area contributed by atoms with Gasteiger partial charge in [-0.3, -0.25) is 14.9 Å². The molecule has 1 aliphatic rings. The minimum absolute atomic E-state index is 0.0647. The predicted molar refractivity (Wildman–Crippen MR) is 80.4 cm³/mol. The Kier molecular flexibility index (Phi) is 5.27. The third-order valence-electron chi connectivity index (χ3n) is 3.25. The van der Waals surface area contributed by atoms with Crippen molar-refractivity contribution in [3.05, 3.63) is 38.3 Å². The summed E-state index contributed by atoms with van der Waals surface area (Å²) >= 11 is 3.12. The average Bonchev–Trinajstić information content (AvgIpc) is 2.45. The maximum absolute atomic E-state index is 12.1. The van der Waals surface area contributed by atoms with Crippen LogP contribution in [0.1, 0.15) is 10.4 Å². The van der Waals surface area contributed by atoms with Crippen LogP contribution in [0.25, 0.3) is 0 Å². The van der Waals surface area contributed by atoms with Crippen LogP contribution in [0.2, 0.25) is 0 Å². The molecule has 0 aromatic heterocycles. The molecule has 0 spiro atoms. The number of likely N-dealkylation sites (N-methyl/N-ethyl adjacent to an activating group) is 1. The summed E-state index contributed by atoms with van der Waals surface area (Å²) in [4.78, 5) is 24.6. The van der Waals surface area contributed by atoms with E-state index >= 15 is 0 Å². The first-order valence-electron chi connectivity index (χ1n) is 6.50. The number of benzene rings is 1. The number of rotatable bonds is 4. The molecule has 1 N–H and O–H groups in total. The van der Waals surface area contributed by atoms with E-state index in [1.165, 1.54) is 12.1 Å². The highest BCUT2D eigenvalue weighted by Gasteiger charge is 2.22. The SMILES string of the molecule is CN1CCOC(CNC(=O)c2cccc([N+](=O)[O-])c2Br)C1. The van der Waals surface area contributed by atoms with Crippen molar-refractivity contribution in [2.45, 2.75) is 6.10 Å². The van der Waals surface area contributed by atoms with E-state index in [-0.39, 0.29) is 27.7 Å². The lowest BCUT2D eigenvalue weighted by atomic mass is 10.2. The first kappa shape index (κ1) is 15.9. The fraction of sp³-hybridized carbons (Fsp3) is 0.462. The van der Waals surface area contributed by atoms with Crippen molar-refractivity contribution in [3.63, 3.8) is 0 Å². The highest BCUT2D eigenvalue weighted by Crippen LogP contribution is 2.28. The number of hydrogen-bond acceptors (Lipinski definition) is 5. The summed E-state index contributed by atoms with van der Waals surface area (Å²) in [6.07, 6.45) is -0.0647. The monoisotopic (exact) mass is 357 g/mol. The van der Waals surface area contributed by atoms with Crippen molar-refractivity contribution in [1.29, 1.82) is 0 Å². The van der Waals surface area contributed by atoms with E-state index in [4.69, 9.17) is 4.74 Å². The van der Waals surface area contributed by atoms with E-state index in [9.17, 15) is 14.9 Å². The van der Waals surface area contributed by atoms with Crippen LogP contribution in [-0.4, -0.2) is 55.1 Å². The van der Waals surface area contributed by atoms with Crippen LogP contribution in [0.5, 0.6) is 0 Å². The molecule has 1 amide bonds. The fourth-order valence-corrected chi connectivity index (χ4v) is 2.72. The van der Waals surface area contributed by atoms with Gasteiger partial charge in [0.2, 0.25) is 0 Å². The number of morpholine rings is 1. The Hall–Kier alpha value is -1.51. The number of nitro benzene ring substituents is 1. The lowest BCUT2D eigenvalue weighted by molar-refractivity contribution is -0.385. The van der Waals surface area contributed by atoms with E-state index in [2.05, 4.69) is 26.1 Å². The molecule has 0 bridgehead atoms. The van der Waals surface area contributed by atoms with Gasteiger partial charge >= 0.3 is 0 Å². The van der Waals surface area contributed by atoms with Crippen LogP contribution in [0.3, 0.4) is 0 Å². The molecule has 0 aliphatic carbocycles. The first-order valence-corrected chi connectivity index (χ1v) is 7.29. The average molecular weight is 358 g/mol. The largest absolute Gasteiger partial charge is 0.374 e. The van der Waals surface area contributed by atoms with Gasteiger partial charge in [-0.2, -0.15) is 0 Å². The zero-order valence-corrected chi connectivity index (χ0v) is 13.1. The standard InChI is InChI=1S/C13H16BrN3O4/c1-16-5-6-21-9(8-16)7-15-13(18)10-3-2-4-11(12(10)14)17(19)20/h2-4,9H,5-8H2,1H3,(H,15,18). The van der Waals surface area contributed by atoms with E-state index in [1.54, 1.807) is 6.07 Å². The topological polar surface area (TPSA) is 84.7 Å². The van der Waals surface area contributed by atoms with Gasteiger partial charge in [0, 0.05) is 25.7 Å². The van der Waals surface area contributed by atoms with Crippen molar-refractivity contribution < 1.29 is 14.5 Å². The zero-order chi connectivity index (χ0) is 15.4. The highest BCUT2D eigenvalue weighted by atomic mass is 79.9. The molecule has 0 saturated carbocycles. The normalized spacial score (nSPS) is 19.2. The molecule has 1 aromatic carbocycles. The van der Waals surface area contributed by atoms with E-state index in [0.29, 0.717) is 13.2 Å². The molecule has 1 aliphatic heterocycles. The van der Waals surface area contributed by atoms with Crippen molar-refractivity contribution in [2.24, 2.45) is 0 Å². The van der Waals surface area contributed by atoms with Gasteiger partial charge in [-0.1, -0.05) is 6.07 Å². The van der Waals surface area contributed by atoms with Gasteiger partial charge in [0.1, 0.15) is 4.47 Å². The summed E-state index contributed by atoms with van der Waals surface area (Å²) in [7, 11) is 1.99. The summed E-state index contributed by atoms with van der Waals surface area (Å²) in [6.45, 7) is 2.63. The van der Waals surface area contributed by atoms with Gasteiger partial charge < -0.3 is 15.0 Å². The number of carbonyl (C=O) groups is 1. The Bertz CT molecular complexity index is 552. The van der Waals surface area contributed by atoms with E-state index in [1.807, 2.05) is 7.05 Å². The lowest BCUT2D eigenvalue weighted by Gasteiger charge is -2.30. The quantitative estimate of drug-likeness (QED) is 0.650. The van der Waals surface area contributed by atoms with Crippen LogP contribution in [0, 0.1) is 10.1 Å². The molecule has 1 unspecified atom stereocenters. The molecule has 0 radical (unpaired) electrons. The summed E-state index contributed by atoms with van der Waals surface area (Å²) in [5.74, 6) is -0.359. The third kappa shape index (κ3) is 3.99. The van der Waals surface area contributed by atoms with E-state index < -0.39 is 4.92 Å². The lowest BCUT2D eigenvalue weighted by Crippen LogP contribution is -2.45. The number of ether oxygens (including phenoxy) is 1. The van der Waals surface area contributed by atoms with Crippen LogP contribution in [-0.2, 0) is 4.74 Å². The second-order valence-corrected chi connectivity index (χ2v) is 5.65. The Morgan fingerprint density at radius 2 is 2.38 bits per heavy atom. The molecule has 1 fully saturated rings. The van der Waals surface area contributed by atoms with Crippen LogP contribution >= 0.6 is 15.9 Å². The Balaban J connectivity index is 2.00. The number of nitro groups is 1. The van der Waals surface area contributed by atoms with E-state index in [0.717, 1.165) is 13.1 Å². The summed E-state index contributed by atoms with van der Waals surface area (Å²) in [6, 6.07) is 4.38. The molecule has 2 rings (SSSR count). The molecule has 1 atom stereocenters. The molecule has 114 valence electrons. The number of hydrogen-bond donors (Lipinski definition) is 1. The van der Waals surface area contributed by atoms with Crippen LogP contribution in [0.15, 0.2) is 22.7 Å². The first-order chi connectivity index (χ1) is 9.99. The smallest absolute Gasteiger partial charge is 0.284 e. The van der Waals surface area contributed by atoms with Crippen molar-refractivity contribution in [3.8, 4) is 0 Å². The van der Waals surface area contributed by atoms with Gasteiger partial charge in [-0.15, -0.1) is 0 Å². The number of nitrogens with one attached hydrogen (secondary N) is 1. The second-order valence-electron chi connectivity index (χ2n) is 4.86. The Morgan fingerprint density at radius 3 is 3.05 bits per heavy atom. The number of nitrogens with zero attached hydrogens (tertiary/aromatic N) is 2. The number of halogens is 1. The number of carbonyl (C=O) groups excluding carboxylic acids is 1. The van der Waals surface area contributed by atoms with Gasteiger partial charge in [0.15, 0.2) is 0 Å². The van der Waals surface area contributed by atoms with Gasteiger partial charge in [-0.25, -0.2) is 0 Å². The molecule has 7 nitrogen and oxygen atoms in total. The van der Waals surface area contributed by atoms with Crippen molar-refractivity contribution >= 4 is 27.5 Å². The third-order valence-corrected chi connectivity index (χ3v) is 4.09. The molecule has 8 heteroatoms. The van der Waals surface area contributed by atoms with Crippen LogP contribution in [0.4, 0.5) is 5.69 Å².